The third kappa shape index (κ3) is 6.57. The number of aliphatic carboxylic acids is 1. The predicted molar refractivity (Wildman–Crippen MR) is 96.8 cm³/mol. The minimum absolute atomic E-state index is 0.0808. The average molecular weight is 357 g/mol. The minimum Gasteiger partial charge on any atom is -0.481 e. The van der Waals surface area contributed by atoms with Crippen LogP contribution >= 0.6 is 0 Å². The van der Waals surface area contributed by atoms with Crippen LogP contribution in [0.5, 0.6) is 0 Å². The van der Waals surface area contributed by atoms with Gasteiger partial charge in [0.15, 0.2) is 0 Å². The maximum Gasteiger partial charge on any atom is 0.407 e. The number of benzene rings is 2. The summed E-state index contributed by atoms with van der Waals surface area (Å²) in [6.07, 6.45) is -0.650. The molecule has 0 spiro atoms. The highest BCUT2D eigenvalue weighted by Gasteiger charge is 2.17. The smallest absolute Gasteiger partial charge is 0.407 e. The van der Waals surface area contributed by atoms with Crippen molar-refractivity contribution in [2.24, 2.45) is 0 Å². The minimum atomic E-state index is -0.921. The third-order valence-corrected chi connectivity index (χ3v) is 3.89. The number of ether oxygens (including phenoxy) is 2. The molecule has 0 aliphatic carbocycles. The van der Waals surface area contributed by atoms with Gasteiger partial charge in [0.1, 0.15) is 6.61 Å². The van der Waals surface area contributed by atoms with Crippen molar-refractivity contribution in [1.82, 2.24) is 5.32 Å². The molecule has 2 aromatic carbocycles. The number of amides is 1. The van der Waals surface area contributed by atoms with E-state index in [1.807, 2.05) is 54.6 Å². The van der Waals surface area contributed by atoms with Crippen LogP contribution < -0.4 is 5.32 Å². The Hall–Kier alpha value is -2.86. The fourth-order valence-corrected chi connectivity index (χ4v) is 2.55. The van der Waals surface area contributed by atoms with Gasteiger partial charge in [0.05, 0.1) is 13.0 Å². The van der Waals surface area contributed by atoms with Gasteiger partial charge in [-0.3, -0.25) is 4.79 Å². The fraction of sp³-hybridized carbons (Fsp3) is 0.300. The largest absolute Gasteiger partial charge is 0.481 e. The number of carboxylic acids is 1. The topological polar surface area (TPSA) is 84.9 Å². The Morgan fingerprint density at radius 2 is 1.65 bits per heavy atom. The van der Waals surface area contributed by atoms with Crippen LogP contribution in [0, 0.1) is 0 Å². The van der Waals surface area contributed by atoms with Crippen LogP contribution in [0.2, 0.25) is 0 Å². The number of carboxylic acid groups (broad SMARTS) is 1. The number of alkyl carbamates (subject to hydrolysis) is 1. The molecule has 0 aliphatic rings. The molecule has 0 radical (unpaired) electrons. The van der Waals surface area contributed by atoms with Gasteiger partial charge in [-0.1, -0.05) is 54.6 Å². The highest BCUT2D eigenvalue weighted by atomic mass is 16.5. The Bertz CT molecular complexity index is 700. The van der Waals surface area contributed by atoms with Crippen molar-refractivity contribution in [2.45, 2.75) is 25.6 Å². The summed E-state index contributed by atoms with van der Waals surface area (Å²) in [6, 6.07) is 16.8. The van der Waals surface area contributed by atoms with E-state index in [1.54, 1.807) is 7.11 Å². The molecule has 2 N–H and O–H groups in total. The average Bonchev–Trinajstić information content (AvgIpc) is 2.65. The van der Waals surface area contributed by atoms with Crippen molar-refractivity contribution in [3.05, 3.63) is 71.3 Å². The summed E-state index contributed by atoms with van der Waals surface area (Å²) in [5.41, 5.74) is 2.73. The second-order valence-corrected chi connectivity index (χ2v) is 5.91. The van der Waals surface area contributed by atoms with E-state index in [4.69, 9.17) is 14.6 Å². The summed E-state index contributed by atoms with van der Waals surface area (Å²) in [7, 11) is 1.62. The van der Waals surface area contributed by atoms with E-state index in [0.717, 1.165) is 16.7 Å². The van der Waals surface area contributed by atoms with Crippen LogP contribution in [-0.4, -0.2) is 30.8 Å². The molecular formula is C20H23NO5. The summed E-state index contributed by atoms with van der Waals surface area (Å²) in [6.45, 7) is 0.847. The number of carbonyl (C=O) groups is 2. The lowest BCUT2D eigenvalue weighted by Crippen LogP contribution is -2.30. The molecule has 6 heteroatoms. The molecule has 1 unspecified atom stereocenters. The lowest BCUT2D eigenvalue weighted by atomic mass is 9.95. The summed E-state index contributed by atoms with van der Waals surface area (Å²) in [4.78, 5) is 23.0. The number of hydrogen-bond donors (Lipinski definition) is 2. The van der Waals surface area contributed by atoms with Crippen LogP contribution in [0.25, 0.3) is 0 Å². The zero-order chi connectivity index (χ0) is 18.8. The van der Waals surface area contributed by atoms with E-state index in [2.05, 4.69) is 5.32 Å². The zero-order valence-electron chi connectivity index (χ0n) is 14.7. The molecule has 1 amide bonds. The van der Waals surface area contributed by atoms with Crippen LogP contribution in [-0.2, 0) is 27.5 Å². The Morgan fingerprint density at radius 3 is 2.27 bits per heavy atom. The lowest BCUT2D eigenvalue weighted by molar-refractivity contribution is -0.137. The number of carbonyl (C=O) groups excluding carboxylic acids is 1. The molecule has 1 atom stereocenters. The van der Waals surface area contributed by atoms with Crippen LogP contribution in [0.1, 0.15) is 29.0 Å². The van der Waals surface area contributed by atoms with E-state index in [9.17, 15) is 9.59 Å². The van der Waals surface area contributed by atoms with E-state index in [1.165, 1.54) is 0 Å². The van der Waals surface area contributed by atoms with Crippen molar-refractivity contribution < 1.29 is 24.2 Å². The Kier molecular flexibility index (Phi) is 7.64. The highest BCUT2D eigenvalue weighted by molar-refractivity contribution is 5.69. The van der Waals surface area contributed by atoms with Crippen molar-refractivity contribution >= 4 is 12.1 Å². The molecule has 2 rings (SSSR count). The molecule has 0 fully saturated rings. The molecule has 0 saturated carbocycles. The molecule has 0 heterocycles. The summed E-state index contributed by atoms with van der Waals surface area (Å²) in [5.74, 6) is -1.26. The van der Waals surface area contributed by atoms with Gasteiger partial charge in [0, 0.05) is 19.6 Å². The lowest BCUT2D eigenvalue weighted by Gasteiger charge is -2.17. The quantitative estimate of drug-likeness (QED) is 0.719. The van der Waals surface area contributed by atoms with Gasteiger partial charge >= 0.3 is 12.1 Å². The molecule has 0 aliphatic heterocycles. The van der Waals surface area contributed by atoms with Gasteiger partial charge < -0.3 is 19.9 Å². The maximum atomic E-state index is 11.9. The monoisotopic (exact) mass is 357 g/mol. The predicted octanol–water partition coefficient (Wildman–Crippen LogP) is 3.32. The SMILES string of the molecule is COCc1ccc(C(CNC(=O)OCc2ccccc2)CC(=O)O)cc1. The first-order valence-electron chi connectivity index (χ1n) is 8.32. The van der Waals surface area contributed by atoms with Crippen LogP contribution in [0.3, 0.4) is 0 Å². The summed E-state index contributed by atoms with van der Waals surface area (Å²) in [5, 5.41) is 11.8. The van der Waals surface area contributed by atoms with E-state index >= 15 is 0 Å². The highest BCUT2D eigenvalue weighted by Crippen LogP contribution is 2.20. The molecule has 0 saturated heterocycles. The molecule has 2 aromatic rings. The zero-order valence-corrected chi connectivity index (χ0v) is 14.7. The van der Waals surface area contributed by atoms with Crippen LogP contribution in [0.15, 0.2) is 54.6 Å². The van der Waals surface area contributed by atoms with Gasteiger partial charge in [0.25, 0.3) is 0 Å². The van der Waals surface area contributed by atoms with Gasteiger partial charge in [0.2, 0.25) is 0 Å². The third-order valence-electron chi connectivity index (χ3n) is 3.89. The normalized spacial score (nSPS) is 11.6. The molecule has 0 bridgehead atoms. The first kappa shape index (κ1) is 19.5. The number of nitrogens with one attached hydrogen (secondary N) is 1. The van der Waals surface area contributed by atoms with Crippen molar-refractivity contribution in [3.63, 3.8) is 0 Å². The summed E-state index contributed by atoms with van der Waals surface area (Å²) < 4.78 is 10.2. The van der Waals surface area contributed by atoms with Gasteiger partial charge in [-0.25, -0.2) is 4.79 Å². The molecule has 26 heavy (non-hydrogen) atoms. The number of methoxy groups -OCH3 is 1. The van der Waals surface area contributed by atoms with E-state index in [-0.39, 0.29) is 25.5 Å². The van der Waals surface area contributed by atoms with Crippen molar-refractivity contribution in [3.8, 4) is 0 Å². The van der Waals surface area contributed by atoms with Crippen molar-refractivity contribution in [1.29, 1.82) is 0 Å². The number of hydrogen-bond acceptors (Lipinski definition) is 4. The standard InChI is InChI=1S/C20H23NO5/c1-25-13-16-7-9-17(10-8-16)18(11-19(22)23)12-21-20(24)26-14-15-5-3-2-4-6-15/h2-10,18H,11-14H2,1H3,(H,21,24)(H,22,23). The second-order valence-electron chi connectivity index (χ2n) is 5.91. The fourth-order valence-electron chi connectivity index (χ4n) is 2.55. The van der Waals surface area contributed by atoms with Gasteiger partial charge in [-0.05, 0) is 16.7 Å². The first-order valence-corrected chi connectivity index (χ1v) is 8.32. The van der Waals surface area contributed by atoms with E-state index < -0.39 is 12.1 Å². The van der Waals surface area contributed by atoms with Crippen LogP contribution in [0.4, 0.5) is 4.79 Å². The Morgan fingerprint density at radius 1 is 1.00 bits per heavy atom. The first-order chi connectivity index (χ1) is 12.6. The maximum absolute atomic E-state index is 11.9. The second kappa shape index (κ2) is 10.2. The molecule has 6 nitrogen and oxygen atoms in total. The Balaban J connectivity index is 1.90. The molecule has 0 aromatic heterocycles. The Labute approximate surface area is 152 Å². The summed E-state index contributed by atoms with van der Waals surface area (Å²) >= 11 is 0. The van der Waals surface area contributed by atoms with E-state index in [0.29, 0.717) is 6.61 Å². The number of rotatable bonds is 9. The molecular weight excluding hydrogens is 334 g/mol. The molecule has 138 valence electrons. The van der Waals surface area contributed by atoms with Gasteiger partial charge in [-0.2, -0.15) is 0 Å². The van der Waals surface area contributed by atoms with Gasteiger partial charge in [-0.15, -0.1) is 0 Å². The van der Waals surface area contributed by atoms with Crippen molar-refractivity contribution in [2.75, 3.05) is 13.7 Å².